The molecule has 2 nitrogen and oxygen atoms in total. The Morgan fingerprint density at radius 2 is 1.56 bits per heavy atom. The summed E-state index contributed by atoms with van der Waals surface area (Å²) >= 11 is 0. The van der Waals surface area contributed by atoms with E-state index in [9.17, 15) is 0 Å². The van der Waals surface area contributed by atoms with Gasteiger partial charge in [-0.05, 0) is 58.8 Å². The first-order valence-corrected chi connectivity index (χ1v) is 7.94. The Kier molecular flexibility index (Phi) is 5.50. The molecule has 1 unspecified atom stereocenters. The lowest BCUT2D eigenvalue weighted by atomic mass is 9.78. The van der Waals surface area contributed by atoms with Gasteiger partial charge in [-0.3, -0.25) is 0 Å². The fraction of sp³-hybridized carbons (Fsp3) is 1.00. The molecule has 0 spiro atoms. The molecule has 2 aliphatic rings. The Labute approximate surface area is 112 Å². The molecule has 0 N–H and O–H groups in total. The van der Waals surface area contributed by atoms with Crippen LogP contribution in [0, 0.1) is 5.92 Å². The van der Waals surface area contributed by atoms with Crippen LogP contribution in [-0.4, -0.2) is 24.4 Å². The molecule has 2 rings (SSSR count). The molecule has 2 aliphatic carbocycles. The highest BCUT2D eigenvalue weighted by molar-refractivity contribution is 4.82. The molecule has 18 heavy (non-hydrogen) atoms. The van der Waals surface area contributed by atoms with Crippen LogP contribution < -0.4 is 0 Å². The molecule has 0 saturated heterocycles. The first-order valence-electron chi connectivity index (χ1n) is 7.94. The minimum absolute atomic E-state index is 0.381. The molecule has 0 amide bonds. The predicted octanol–water partition coefficient (Wildman–Crippen LogP) is 4.32. The summed E-state index contributed by atoms with van der Waals surface area (Å²) in [6, 6.07) is 0. The van der Waals surface area contributed by atoms with Crippen molar-refractivity contribution in [2.75, 3.05) is 0 Å². The van der Waals surface area contributed by atoms with E-state index in [0.717, 1.165) is 5.92 Å². The molecule has 0 radical (unpaired) electrons. The van der Waals surface area contributed by atoms with Crippen LogP contribution in [0.5, 0.6) is 0 Å². The summed E-state index contributed by atoms with van der Waals surface area (Å²) in [5.74, 6) is 0.840. The van der Waals surface area contributed by atoms with Crippen LogP contribution in [0.15, 0.2) is 0 Å². The first kappa shape index (κ1) is 14.3. The standard InChI is InChI=1S/C16H30O2/c1-12(2)17-16-10-14(11-16)9-13(3)18-15-7-5-4-6-8-15/h12-16H,4-11H2,1-3H3. The third-order valence-corrected chi connectivity index (χ3v) is 4.30. The number of rotatable bonds is 6. The van der Waals surface area contributed by atoms with Gasteiger partial charge in [-0.15, -0.1) is 0 Å². The highest BCUT2D eigenvalue weighted by Crippen LogP contribution is 2.35. The quantitative estimate of drug-likeness (QED) is 0.703. The Morgan fingerprint density at radius 3 is 2.17 bits per heavy atom. The summed E-state index contributed by atoms with van der Waals surface area (Å²) in [7, 11) is 0. The Hall–Kier alpha value is -0.0800. The highest BCUT2D eigenvalue weighted by Gasteiger charge is 2.32. The van der Waals surface area contributed by atoms with Gasteiger partial charge in [0.05, 0.1) is 24.4 Å². The molecule has 1 atom stereocenters. The summed E-state index contributed by atoms with van der Waals surface area (Å²) < 4.78 is 12.0. The maximum Gasteiger partial charge on any atom is 0.0584 e. The van der Waals surface area contributed by atoms with E-state index in [4.69, 9.17) is 9.47 Å². The van der Waals surface area contributed by atoms with Crippen molar-refractivity contribution in [3.63, 3.8) is 0 Å². The Balaban J connectivity index is 1.56. The summed E-state index contributed by atoms with van der Waals surface area (Å²) in [6.45, 7) is 6.51. The van der Waals surface area contributed by atoms with Crippen molar-refractivity contribution in [3.8, 4) is 0 Å². The van der Waals surface area contributed by atoms with E-state index in [1.165, 1.54) is 51.4 Å². The van der Waals surface area contributed by atoms with Gasteiger partial charge in [0.2, 0.25) is 0 Å². The SMILES string of the molecule is CC(C)OC1CC(CC(C)OC2CCCCC2)C1. The zero-order valence-corrected chi connectivity index (χ0v) is 12.4. The third-order valence-electron chi connectivity index (χ3n) is 4.30. The van der Waals surface area contributed by atoms with Crippen molar-refractivity contribution in [1.29, 1.82) is 0 Å². The first-order chi connectivity index (χ1) is 8.63. The topological polar surface area (TPSA) is 18.5 Å². The molecule has 0 aromatic carbocycles. The van der Waals surface area contributed by atoms with Crippen molar-refractivity contribution in [3.05, 3.63) is 0 Å². The number of hydrogen-bond acceptors (Lipinski definition) is 2. The molecule has 0 aliphatic heterocycles. The molecule has 2 saturated carbocycles. The van der Waals surface area contributed by atoms with E-state index < -0.39 is 0 Å². The van der Waals surface area contributed by atoms with Crippen LogP contribution in [0.1, 0.15) is 72.1 Å². The van der Waals surface area contributed by atoms with E-state index in [-0.39, 0.29) is 0 Å². The maximum absolute atomic E-state index is 6.17. The molecule has 0 aromatic rings. The van der Waals surface area contributed by atoms with E-state index in [1.54, 1.807) is 0 Å². The highest BCUT2D eigenvalue weighted by atomic mass is 16.5. The zero-order chi connectivity index (χ0) is 13.0. The number of ether oxygens (including phenoxy) is 2. The summed E-state index contributed by atoms with van der Waals surface area (Å²) in [5.41, 5.74) is 0. The van der Waals surface area contributed by atoms with Crippen LogP contribution in [0.2, 0.25) is 0 Å². The van der Waals surface area contributed by atoms with Gasteiger partial charge < -0.3 is 9.47 Å². The molecule has 0 aromatic heterocycles. The smallest absolute Gasteiger partial charge is 0.0584 e. The second-order valence-corrected chi connectivity index (χ2v) is 6.59. The summed E-state index contributed by atoms with van der Waals surface area (Å²) in [5, 5.41) is 0. The fourth-order valence-corrected chi connectivity index (χ4v) is 3.42. The van der Waals surface area contributed by atoms with Gasteiger partial charge in [-0.1, -0.05) is 19.3 Å². The lowest BCUT2D eigenvalue weighted by molar-refractivity contribution is -0.0849. The zero-order valence-electron chi connectivity index (χ0n) is 12.4. The van der Waals surface area contributed by atoms with E-state index >= 15 is 0 Å². The van der Waals surface area contributed by atoms with Crippen molar-refractivity contribution in [2.45, 2.75) is 96.6 Å². The maximum atomic E-state index is 6.17. The van der Waals surface area contributed by atoms with Crippen molar-refractivity contribution in [2.24, 2.45) is 5.92 Å². The minimum Gasteiger partial charge on any atom is -0.376 e. The van der Waals surface area contributed by atoms with Gasteiger partial charge in [0.25, 0.3) is 0 Å². The van der Waals surface area contributed by atoms with Gasteiger partial charge in [-0.25, -0.2) is 0 Å². The van der Waals surface area contributed by atoms with Gasteiger partial charge >= 0.3 is 0 Å². The largest absolute Gasteiger partial charge is 0.376 e. The van der Waals surface area contributed by atoms with Crippen LogP contribution in [0.3, 0.4) is 0 Å². The third kappa shape index (κ3) is 4.55. The van der Waals surface area contributed by atoms with Crippen molar-refractivity contribution in [1.82, 2.24) is 0 Å². The van der Waals surface area contributed by atoms with Crippen molar-refractivity contribution < 1.29 is 9.47 Å². The second kappa shape index (κ2) is 6.91. The van der Waals surface area contributed by atoms with E-state index in [0.29, 0.717) is 24.4 Å². The average molecular weight is 254 g/mol. The Bertz CT molecular complexity index is 227. The van der Waals surface area contributed by atoms with Crippen molar-refractivity contribution >= 4 is 0 Å². The lowest BCUT2D eigenvalue weighted by Gasteiger charge is -2.38. The predicted molar refractivity (Wildman–Crippen MR) is 74.8 cm³/mol. The monoisotopic (exact) mass is 254 g/mol. The summed E-state index contributed by atoms with van der Waals surface area (Å²) in [4.78, 5) is 0. The van der Waals surface area contributed by atoms with Crippen LogP contribution in [-0.2, 0) is 9.47 Å². The molecular formula is C16H30O2. The minimum atomic E-state index is 0.381. The van der Waals surface area contributed by atoms with Gasteiger partial charge in [0.1, 0.15) is 0 Å². The second-order valence-electron chi connectivity index (χ2n) is 6.59. The lowest BCUT2D eigenvalue weighted by Crippen LogP contribution is -2.36. The molecule has 106 valence electrons. The molecule has 2 fully saturated rings. The normalized spacial score (nSPS) is 31.3. The van der Waals surface area contributed by atoms with Gasteiger partial charge in [0.15, 0.2) is 0 Å². The van der Waals surface area contributed by atoms with Crippen LogP contribution in [0.25, 0.3) is 0 Å². The molecule has 2 heteroatoms. The summed E-state index contributed by atoms with van der Waals surface area (Å²) in [6.07, 6.45) is 12.3. The van der Waals surface area contributed by atoms with Crippen LogP contribution in [0.4, 0.5) is 0 Å². The molecular weight excluding hydrogens is 224 g/mol. The van der Waals surface area contributed by atoms with Crippen LogP contribution >= 0.6 is 0 Å². The molecule has 0 heterocycles. The molecule has 0 bridgehead atoms. The number of hydrogen-bond donors (Lipinski definition) is 0. The fourth-order valence-electron chi connectivity index (χ4n) is 3.42. The van der Waals surface area contributed by atoms with Gasteiger partial charge in [0, 0.05) is 0 Å². The van der Waals surface area contributed by atoms with E-state index in [1.807, 2.05) is 0 Å². The van der Waals surface area contributed by atoms with Gasteiger partial charge in [-0.2, -0.15) is 0 Å². The Morgan fingerprint density at radius 1 is 0.889 bits per heavy atom. The average Bonchev–Trinajstić information content (AvgIpc) is 2.27. The van der Waals surface area contributed by atoms with E-state index in [2.05, 4.69) is 20.8 Å².